The van der Waals surface area contributed by atoms with Gasteiger partial charge in [0.2, 0.25) is 5.95 Å². The number of aromatic nitrogens is 2. The summed E-state index contributed by atoms with van der Waals surface area (Å²) in [6, 6.07) is 7.25. The number of nitrogens with zero attached hydrogens (tertiary/aromatic N) is 3. The lowest BCUT2D eigenvalue weighted by Gasteiger charge is -2.13. The van der Waals surface area contributed by atoms with Gasteiger partial charge in [0.1, 0.15) is 10.7 Å². The maximum Gasteiger partial charge on any atom is 0.420 e. The Kier molecular flexibility index (Phi) is 4.22. The molecule has 0 bridgehead atoms. The second kappa shape index (κ2) is 5.77. The highest BCUT2D eigenvalue weighted by Crippen LogP contribution is 2.33. The Morgan fingerprint density at radius 1 is 1.14 bits per heavy atom. The molecule has 4 nitrogen and oxygen atoms in total. The standard InChI is InChI=1S/C13H12ClF3N4/c1-21(2)9-5-3-8(4-6-9)19-12-18-7-10(11(14)20-12)13(15,16)17/h3-7H,1-2H3,(H,18,19,20). The quantitative estimate of drug-likeness (QED) is 0.870. The van der Waals surface area contributed by atoms with Crippen LogP contribution in [0.3, 0.4) is 0 Å². The first-order valence-corrected chi connectivity index (χ1v) is 6.29. The molecule has 0 aliphatic rings. The van der Waals surface area contributed by atoms with Crippen molar-refractivity contribution in [3.63, 3.8) is 0 Å². The van der Waals surface area contributed by atoms with E-state index in [-0.39, 0.29) is 5.95 Å². The third-order valence-electron chi connectivity index (χ3n) is 2.69. The smallest absolute Gasteiger partial charge is 0.378 e. The Balaban J connectivity index is 2.18. The van der Waals surface area contributed by atoms with E-state index in [2.05, 4.69) is 15.3 Å². The molecule has 1 aromatic heterocycles. The minimum Gasteiger partial charge on any atom is -0.378 e. The highest BCUT2D eigenvalue weighted by atomic mass is 35.5. The molecular formula is C13H12ClF3N4. The SMILES string of the molecule is CN(C)c1ccc(Nc2ncc(C(F)(F)F)c(Cl)n2)cc1. The van der Waals surface area contributed by atoms with Crippen LogP contribution < -0.4 is 10.2 Å². The lowest BCUT2D eigenvalue weighted by Crippen LogP contribution is -2.09. The Bertz CT molecular complexity index is 626. The van der Waals surface area contributed by atoms with Gasteiger partial charge >= 0.3 is 6.18 Å². The number of nitrogens with one attached hydrogen (secondary N) is 1. The van der Waals surface area contributed by atoms with Crippen LogP contribution in [0.4, 0.5) is 30.5 Å². The summed E-state index contributed by atoms with van der Waals surface area (Å²) in [7, 11) is 3.81. The molecule has 0 radical (unpaired) electrons. The third kappa shape index (κ3) is 3.75. The number of alkyl halides is 3. The van der Waals surface area contributed by atoms with Gasteiger partial charge < -0.3 is 10.2 Å². The minimum atomic E-state index is -4.57. The zero-order valence-electron chi connectivity index (χ0n) is 11.2. The van der Waals surface area contributed by atoms with E-state index in [1.807, 2.05) is 31.1 Å². The van der Waals surface area contributed by atoms with Crippen LogP contribution >= 0.6 is 11.6 Å². The van der Waals surface area contributed by atoms with Crippen LogP contribution in [0.5, 0.6) is 0 Å². The zero-order valence-corrected chi connectivity index (χ0v) is 12.0. The Morgan fingerprint density at radius 3 is 2.24 bits per heavy atom. The number of hydrogen-bond acceptors (Lipinski definition) is 4. The molecule has 1 N–H and O–H groups in total. The average Bonchev–Trinajstić information content (AvgIpc) is 2.37. The molecule has 0 amide bonds. The van der Waals surface area contributed by atoms with Crippen LogP contribution in [0.25, 0.3) is 0 Å². The van der Waals surface area contributed by atoms with E-state index in [1.165, 1.54) is 0 Å². The number of anilines is 3. The lowest BCUT2D eigenvalue weighted by molar-refractivity contribution is -0.137. The van der Waals surface area contributed by atoms with Crippen molar-refractivity contribution >= 4 is 28.9 Å². The molecule has 112 valence electrons. The van der Waals surface area contributed by atoms with Crippen molar-refractivity contribution in [3.8, 4) is 0 Å². The van der Waals surface area contributed by atoms with E-state index in [1.54, 1.807) is 12.1 Å². The normalized spacial score (nSPS) is 11.3. The largest absolute Gasteiger partial charge is 0.420 e. The van der Waals surface area contributed by atoms with Crippen molar-refractivity contribution in [2.24, 2.45) is 0 Å². The number of hydrogen-bond donors (Lipinski definition) is 1. The zero-order chi connectivity index (χ0) is 15.6. The molecule has 0 fully saturated rings. The molecule has 8 heteroatoms. The second-order valence-corrected chi connectivity index (χ2v) is 4.82. The number of benzene rings is 1. The minimum absolute atomic E-state index is 0.00519. The van der Waals surface area contributed by atoms with E-state index in [0.29, 0.717) is 11.9 Å². The summed E-state index contributed by atoms with van der Waals surface area (Å²) in [5.74, 6) is 0.00519. The van der Waals surface area contributed by atoms with E-state index in [0.717, 1.165) is 5.69 Å². The van der Waals surface area contributed by atoms with Crippen LogP contribution in [-0.2, 0) is 6.18 Å². The fourth-order valence-electron chi connectivity index (χ4n) is 1.58. The Hall–Kier alpha value is -2.02. The van der Waals surface area contributed by atoms with Gasteiger partial charge in [0.25, 0.3) is 0 Å². The summed E-state index contributed by atoms with van der Waals surface area (Å²) in [6.07, 6.45) is -3.91. The van der Waals surface area contributed by atoms with Crippen LogP contribution in [0.15, 0.2) is 30.5 Å². The summed E-state index contributed by atoms with van der Waals surface area (Å²) in [4.78, 5) is 9.15. The molecule has 0 spiro atoms. The van der Waals surface area contributed by atoms with Gasteiger partial charge in [-0.3, -0.25) is 0 Å². The molecule has 0 saturated heterocycles. The van der Waals surface area contributed by atoms with Crippen molar-refractivity contribution in [1.29, 1.82) is 0 Å². The summed E-state index contributed by atoms with van der Waals surface area (Å²) >= 11 is 5.53. The molecule has 0 aliphatic heterocycles. The number of rotatable bonds is 3. The highest BCUT2D eigenvalue weighted by molar-refractivity contribution is 6.30. The molecule has 2 aromatic rings. The van der Waals surface area contributed by atoms with Gasteiger partial charge in [0, 0.05) is 31.7 Å². The Morgan fingerprint density at radius 2 is 1.76 bits per heavy atom. The predicted molar refractivity (Wildman–Crippen MR) is 76.1 cm³/mol. The monoisotopic (exact) mass is 316 g/mol. The van der Waals surface area contributed by atoms with E-state index in [4.69, 9.17) is 11.6 Å². The van der Waals surface area contributed by atoms with Crippen LogP contribution in [0.2, 0.25) is 5.15 Å². The number of halogens is 4. The van der Waals surface area contributed by atoms with Crippen LogP contribution in [-0.4, -0.2) is 24.1 Å². The van der Waals surface area contributed by atoms with Crippen molar-refractivity contribution in [1.82, 2.24) is 9.97 Å². The van der Waals surface area contributed by atoms with Crippen LogP contribution in [0, 0.1) is 0 Å². The fraction of sp³-hybridized carbons (Fsp3) is 0.231. The van der Waals surface area contributed by atoms with Gasteiger partial charge in [-0.05, 0) is 24.3 Å². The maximum atomic E-state index is 12.5. The van der Waals surface area contributed by atoms with Crippen molar-refractivity contribution in [2.75, 3.05) is 24.3 Å². The van der Waals surface area contributed by atoms with Crippen molar-refractivity contribution in [3.05, 3.63) is 41.2 Å². The van der Waals surface area contributed by atoms with Gasteiger partial charge in [0.05, 0.1) is 0 Å². The summed E-state index contributed by atoms with van der Waals surface area (Å²) in [5, 5.41) is 2.16. The Labute approximate surface area is 124 Å². The summed E-state index contributed by atoms with van der Waals surface area (Å²) in [5.41, 5.74) is 0.584. The van der Waals surface area contributed by atoms with Crippen LogP contribution in [0.1, 0.15) is 5.56 Å². The first-order valence-electron chi connectivity index (χ1n) is 5.91. The van der Waals surface area contributed by atoms with E-state index in [9.17, 15) is 13.2 Å². The third-order valence-corrected chi connectivity index (χ3v) is 2.98. The van der Waals surface area contributed by atoms with Crippen molar-refractivity contribution in [2.45, 2.75) is 6.18 Å². The fourth-order valence-corrected chi connectivity index (χ4v) is 1.82. The molecule has 0 unspecified atom stereocenters. The van der Waals surface area contributed by atoms with Crippen molar-refractivity contribution < 1.29 is 13.2 Å². The molecule has 1 aromatic carbocycles. The first kappa shape index (κ1) is 15.4. The van der Waals surface area contributed by atoms with Gasteiger partial charge in [0.15, 0.2) is 0 Å². The highest BCUT2D eigenvalue weighted by Gasteiger charge is 2.34. The van der Waals surface area contributed by atoms with E-state index < -0.39 is 16.9 Å². The van der Waals surface area contributed by atoms with Gasteiger partial charge in [-0.25, -0.2) is 9.97 Å². The maximum absolute atomic E-state index is 12.5. The second-order valence-electron chi connectivity index (χ2n) is 4.46. The lowest BCUT2D eigenvalue weighted by atomic mass is 10.2. The molecule has 0 atom stereocenters. The summed E-state index contributed by atoms with van der Waals surface area (Å²) in [6.45, 7) is 0. The summed E-state index contributed by atoms with van der Waals surface area (Å²) < 4.78 is 37.6. The molecule has 21 heavy (non-hydrogen) atoms. The van der Waals surface area contributed by atoms with Gasteiger partial charge in [-0.1, -0.05) is 11.6 Å². The molecule has 0 saturated carbocycles. The van der Waals surface area contributed by atoms with Gasteiger partial charge in [-0.15, -0.1) is 0 Å². The van der Waals surface area contributed by atoms with E-state index >= 15 is 0 Å². The molecule has 2 rings (SSSR count). The molecule has 1 heterocycles. The van der Waals surface area contributed by atoms with Gasteiger partial charge in [-0.2, -0.15) is 13.2 Å². The molecular weight excluding hydrogens is 305 g/mol. The average molecular weight is 317 g/mol. The predicted octanol–water partition coefficient (Wildman–Crippen LogP) is 3.96. The first-order chi connectivity index (χ1) is 9.77. The topological polar surface area (TPSA) is 41.0 Å². The molecule has 0 aliphatic carbocycles.